The van der Waals surface area contributed by atoms with Crippen LogP contribution in [0.15, 0.2) is 18.2 Å². The average Bonchev–Trinajstić information content (AvgIpc) is 2.11. The fraction of sp³-hybridized carbons (Fsp3) is 0.222. The van der Waals surface area contributed by atoms with Gasteiger partial charge in [0.05, 0.1) is 5.69 Å². The van der Waals surface area contributed by atoms with Crippen LogP contribution in [-0.2, 0) is 19.9 Å². The Morgan fingerprint density at radius 3 is 2.42 bits per heavy atom. The monoisotopic (exact) mass is 342 g/mol. The van der Waals surface area contributed by atoms with Crippen molar-refractivity contribution in [2.45, 2.75) is 0 Å². The largest absolute Gasteiger partial charge is 0.389 e. The van der Waals surface area contributed by atoms with Gasteiger partial charge in [0, 0.05) is 16.8 Å². The zero-order valence-electron chi connectivity index (χ0n) is 9.75. The van der Waals surface area contributed by atoms with E-state index in [-0.39, 0.29) is 21.3 Å². The predicted octanol–water partition coefficient (Wildman–Crippen LogP) is 0.718. The molecule has 0 radical (unpaired) electrons. The Hall–Kier alpha value is -0.900. The summed E-state index contributed by atoms with van der Waals surface area (Å²) in [5, 5.41) is -0.777. The molecule has 0 unspecified atom stereocenters. The van der Waals surface area contributed by atoms with Crippen molar-refractivity contribution < 1.29 is 16.8 Å². The van der Waals surface area contributed by atoms with E-state index in [0.29, 0.717) is 0 Å². The van der Waals surface area contributed by atoms with Crippen molar-refractivity contribution in [2.75, 3.05) is 16.1 Å². The van der Waals surface area contributed by atoms with E-state index in [0.717, 1.165) is 6.26 Å². The smallest absolute Gasteiger partial charge is 0.247 e. The summed E-state index contributed by atoms with van der Waals surface area (Å²) in [5.41, 5.74) is 5.75. The summed E-state index contributed by atoms with van der Waals surface area (Å²) in [5.74, 6) is 0. The third-order valence-corrected chi connectivity index (χ3v) is 5.82. The maximum absolute atomic E-state index is 11.7. The Labute approximate surface area is 121 Å². The second kappa shape index (κ2) is 5.61. The van der Waals surface area contributed by atoms with Gasteiger partial charge in [0.25, 0.3) is 0 Å². The van der Waals surface area contributed by atoms with Crippen LogP contribution in [-0.4, -0.2) is 33.2 Å². The maximum atomic E-state index is 11.7. The summed E-state index contributed by atoms with van der Waals surface area (Å²) in [6, 6.07) is 4.24. The highest BCUT2D eigenvalue weighted by Gasteiger charge is 2.20. The van der Waals surface area contributed by atoms with Gasteiger partial charge in [-0.15, -0.1) is 0 Å². The molecule has 3 N–H and O–H groups in total. The lowest BCUT2D eigenvalue weighted by Gasteiger charge is -2.11. The number of nitrogens with two attached hydrogens (primary N) is 1. The Morgan fingerprint density at radius 2 is 1.95 bits per heavy atom. The van der Waals surface area contributed by atoms with Crippen molar-refractivity contribution in [3.8, 4) is 0 Å². The number of thiocarbonyl (C=S) groups is 1. The van der Waals surface area contributed by atoms with E-state index in [9.17, 15) is 16.8 Å². The molecular weight excluding hydrogens is 332 g/mol. The molecule has 0 amide bonds. The number of rotatable bonds is 5. The average molecular weight is 343 g/mol. The van der Waals surface area contributed by atoms with Crippen molar-refractivity contribution in [1.82, 2.24) is 0 Å². The molecule has 10 heteroatoms. The number of anilines is 1. The fourth-order valence-electron chi connectivity index (χ4n) is 1.29. The minimum atomic E-state index is -4.08. The van der Waals surface area contributed by atoms with Crippen LogP contribution in [0.2, 0.25) is 5.02 Å². The lowest BCUT2D eigenvalue weighted by atomic mass is 10.2. The van der Waals surface area contributed by atoms with E-state index in [1.807, 2.05) is 0 Å². The highest BCUT2D eigenvalue weighted by Crippen LogP contribution is 2.22. The molecule has 0 aliphatic heterocycles. The minimum Gasteiger partial charge on any atom is -0.389 e. The molecule has 1 aromatic carbocycles. The van der Waals surface area contributed by atoms with E-state index in [2.05, 4.69) is 4.72 Å². The van der Waals surface area contributed by atoms with Crippen LogP contribution in [0.4, 0.5) is 5.69 Å². The zero-order valence-corrected chi connectivity index (χ0v) is 13.0. The molecule has 6 nitrogen and oxygen atoms in total. The number of sulfone groups is 1. The molecule has 0 saturated heterocycles. The molecule has 0 aliphatic rings. The number of benzene rings is 1. The van der Waals surface area contributed by atoms with E-state index < -0.39 is 24.9 Å². The molecule has 0 atom stereocenters. The second-order valence-electron chi connectivity index (χ2n) is 3.81. The van der Waals surface area contributed by atoms with Crippen LogP contribution in [0.3, 0.4) is 0 Å². The Morgan fingerprint density at radius 1 is 1.37 bits per heavy atom. The van der Waals surface area contributed by atoms with Gasteiger partial charge in [-0.1, -0.05) is 23.8 Å². The number of nitrogens with one attached hydrogen (secondary N) is 1. The zero-order chi connectivity index (χ0) is 14.8. The first-order valence-corrected chi connectivity index (χ1v) is 9.28. The molecule has 19 heavy (non-hydrogen) atoms. The molecule has 0 saturated carbocycles. The third-order valence-electron chi connectivity index (χ3n) is 1.88. The molecule has 0 spiro atoms. The highest BCUT2D eigenvalue weighted by molar-refractivity contribution is 8.08. The number of halogens is 1. The lowest BCUT2D eigenvalue weighted by molar-refractivity contribution is 0.595. The first kappa shape index (κ1) is 16.2. The molecule has 0 aliphatic carbocycles. The molecule has 0 aromatic heterocycles. The normalized spacial score (nSPS) is 12.1. The van der Waals surface area contributed by atoms with Gasteiger partial charge in [0.1, 0.15) is 4.99 Å². The first-order valence-electron chi connectivity index (χ1n) is 4.78. The van der Waals surface area contributed by atoms with Crippen LogP contribution in [0.5, 0.6) is 0 Å². The molecule has 0 bridgehead atoms. The quantitative estimate of drug-likeness (QED) is 0.763. The van der Waals surface area contributed by atoms with Crippen LogP contribution in [0.25, 0.3) is 0 Å². The molecule has 1 aromatic rings. The van der Waals surface area contributed by atoms with Crippen molar-refractivity contribution >= 4 is 54.4 Å². The summed E-state index contributed by atoms with van der Waals surface area (Å²) in [4.78, 5) is -0.0336. The molecular formula is C9H11ClN2O4S3. The summed E-state index contributed by atoms with van der Waals surface area (Å²) in [7, 11) is -7.77. The van der Waals surface area contributed by atoms with Crippen LogP contribution in [0, 0.1) is 0 Å². The standard InChI is InChI=1S/C9H11ClN2O4S3/c1-18(13,14)5-19(15,16)12-8-4-6(10)2-3-7(8)9(11)17/h2-4,12H,5H2,1H3,(H2,11,17). The van der Waals surface area contributed by atoms with Gasteiger partial charge in [-0.05, 0) is 18.2 Å². The molecule has 106 valence electrons. The van der Waals surface area contributed by atoms with Crippen LogP contribution in [0.1, 0.15) is 5.56 Å². The van der Waals surface area contributed by atoms with Gasteiger partial charge in [0.2, 0.25) is 10.0 Å². The second-order valence-corrected chi connectivity index (χ2v) is 8.92. The van der Waals surface area contributed by atoms with E-state index >= 15 is 0 Å². The van der Waals surface area contributed by atoms with E-state index in [1.165, 1.54) is 18.2 Å². The molecule has 0 heterocycles. The van der Waals surface area contributed by atoms with Gasteiger partial charge < -0.3 is 5.73 Å². The third kappa shape index (κ3) is 5.31. The summed E-state index contributed by atoms with van der Waals surface area (Å²) in [6.45, 7) is 0. The number of hydrogen-bond donors (Lipinski definition) is 2. The predicted molar refractivity (Wildman–Crippen MR) is 79.6 cm³/mol. The molecule has 1 rings (SSSR count). The maximum Gasteiger partial charge on any atom is 0.247 e. The SMILES string of the molecule is CS(=O)(=O)CS(=O)(=O)Nc1cc(Cl)ccc1C(N)=S. The van der Waals surface area contributed by atoms with Crippen molar-refractivity contribution in [3.05, 3.63) is 28.8 Å². The molecule has 0 fully saturated rings. The summed E-state index contributed by atoms with van der Waals surface area (Å²) < 4.78 is 47.5. The Kier molecular flexibility index (Phi) is 4.77. The minimum absolute atomic E-state index is 0.0336. The van der Waals surface area contributed by atoms with Crippen molar-refractivity contribution in [2.24, 2.45) is 5.73 Å². The van der Waals surface area contributed by atoms with Crippen molar-refractivity contribution in [1.29, 1.82) is 0 Å². The van der Waals surface area contributed by atoms with Gasteiger partial charge in [-0.25, -0.2) is 16.8 Å². The van der Waals surface area contributed by atoms with E-state index in [4.69, 9.17) is 29.6 Å². The van der Waals surface area contributed by atoms with Gasteiger partial charge in [-0.2, -0.15) is 0 Å². The summed E-state index contributed by atoms with van der Waals surface area (Å²) in [6.07, 6.45) is 0.818. The topological polar surface area (TPSA) is 106 Å². The lowest BCUT2D eigenvalue weighted by Crippen LogP contribution is -2.24. The summed E-state index contributed by atoms with van der Waals surface area (Å²) >= 11 is 10.5. The number of hydrogen-bond acceptors (Lipinski definition) is 5. The fourth-order valence-corrected chi connectivity index (χ4v) is 4.64. The first-order chi connectivity index (χ1) is 8.50. The van der Waals surface area contributed by atoms with Gasteiger partial charge in [0.15, 0.2) is 14.9 Å². The Bertz CT molecular complexity index is 713. The van der Waals surface area contributed by atoms with Gasteiger partial charge >= 0.3 is 0 Å². The number of sulfonamides is 1. The van der Waals surface area contributed by atoms with Gasteiger partial charge in [-0.3, -0.25) is 4.72 Å². The van der Waals surface area contributed by atoms with E-state index in [1.54, 1.807) is 0 Å². The van der Waals surface area contributed by atoms with Crippen molar-refractivity contribution in [3.63, 3.8) is 0 Å². The Balaban J connectivity index is 3.19. The van der Waals surface area contributed by atoms with Crippen LogP contribution >= 0.6 is 23.8 Å². The van der Waals surface area contributed by atoms with Crippen LogP contribution < -0.4 is 10.5 Å². The highest BCUT2D eigenvalue weighted by atomic mass is 35.5.